The van der Waals surface area contributed by atoms with Crippen LogP contribution >= 0.6 is 23.1 Å². The molecule has 1 unspecified atom stereocenters. The van der Waals surface area contributed by atoms with E-state index in [9.17, 15) is 0 Å². The molecule has 17 heavy (non-hydrogen) atoms. The molecule has 0 aliphatic rings. The van der Waals surface area contributed by atoms with Crippen molar-refractivity contribution in [2.24, 2.45) is 5.92 Å². The quantitative estimate of drug-likeness (QED) is 0.837. The first-order valence-corrected chi connectivity index (χ1v) is 7.66. The Hall–Kier alpha value is -0.580. The molecule has 0 radical (unpaired) electrons. The zero-order chi connectivity index (χ0) is 12.3. The molecule has 0 aliphatic carbocycles. The maximum Gasteiger partial charge on any atom is 0.151 e. The standard InChI is InChI=1S/C13H18N2S2/c1-9(2)11(14-3)8-16-13-15-10-6-4-5-7-12(10)17-13/h4-7,9,11,14H,8H2,1-3H3. The highest BCUT2D eigenvalue weighted by Crippen LogP contribution is 2.30. The Labute approximate surface area is 111 Å². The Morgan fingerprint density at radius 2 is 2.12 bits per heavy atom. The van der Waals surface area contributed by atoms with Crippen molar-refractivity contribution < 1.29 is 0 Å². The minimum atomic E-state index is 0.548. The van der Waals surface area contributed by atoms with Gasteiger partial charge in [0.25, 0.3) is 0 Å². The average molecular weight is 266 g/mol. The van der Waals surface area contributed by atoms with Gasteiger partial charge in [-0.1, -0.05) is 37.7 Å². The van der Waals surface area contributed by atoms with Crippen LogP contribution in [0.15, 0.2) is 28.6 Å². The summed E-state index contributed by atoms with van der Waals surface area (Å²) in [6.45, 7) is 4.50. The molecule has 4 heteroatoms. The first-order chi connectivity index (χ1) is 8.20. The molecule has 0 saturated carbocycles. The Kier molecular flexibility index (Phi) is 4.42. The van der Waals surface area contributed by atoms with E-state index in [1.807, 2.05) is 24.9 Å². The molecule has 0 aliphatic heterocycles. The van der Waals surface area contributed by atoms with E-state index in [0.717, 1.165) is 11.3 Å². The molecule has 0 spiro atoms. The van der Waals surface area contributed by atoms with Crippen LogP contribution in [0.25, 0.3) is 10.2 Å². The van der Waals surface area contributed by atoms with E-state index < -0.39 is 0 Å². The Balaban J connectivity index is 2.03. The summed E-state index contributed by atoms with van der Waals surface area (Å²) in [5, 5.41) is 3.36. The lowest BCUT2D eigenvalue weighted by atomic mass is 10.1. The minimum absolute atomic E-state index is 0.548. The summed E-state index contributed by atoms with van der Waals surface area (Å²) in [5.74, 6) is 1.73. The first-order valence-electron chi connectivity index (χ1n) is 5.86. The topological polar surface area (TPSA) is 24.9 Å². The molecule has 92 valence electrons. The Bertz CT molecular complexity index is 446. The van der Waals surface area contributed by atoms with Crippen LogP contribution in [-0.2, 0) is 0 Å². The van der Waals surface area contributed by atoms with Crippen LogP contribution in [0.4, 0.5) is 0 Å². The summed E-state index contributed by atoms with van der Waals surface area (Å²) in [4.78, 5) is 4.63. The highest BCUT2D eigenvalue weighted by molar-refractivity contribution is 8.01. The fourth-order valence-corrected chi connectivity index (χ4v) is 4.13. The van der Waals surface area contributed by atoms with Crippen molar-refractivity contribution in [1.29, 1.82) is 0 Å². The predicted octanol–water partition coefficient (Wildman–Crippen LogP) is 3.63. The van der Waals surface area contributed by atoms with E-state index in [1.54, 1.807) is 11.3 Å². The lowest BCUT2D eigenvalue weighted by molar-refractivity contribution is 0.465. The highest BCUT2D eigenvalue weighted by Gasteiger charge is 2.12. The molecule has 2 aromatic rings. The molecule has 0 amide bonds. The van der Waals surface area contributed by atoms with Crippen LogP contribution in [0.5, 0.6) is 0 Å². The Morgan fingerprint density at radius 1 is 1.35 bits per heavy atom. The number of hydrogen-bond donors (Lipinski definition) is 1. The maximum absolute atomic E-state index is 4.63. The number of hydrogen-bond acceptors (Lipinski definition) is 4. The second-order valence-electron chi connectivity index (χ2n) is 4.40. The second kappa shape index (κ2) is 5.85. The minimum Gasteiger partial charge on any atom is -0.316 e. The predicted molar refractivity (Wildman–Crippen MR) is 78.0 cm³/mol. The Morgan fingerprint density at radius 3 is 2.76 bits per heavy atom. The van der Waals surface area contributed by atoms with Crippen molar-refractivity contribution in [3.63, 3.8) is 0 Å². The van der Waals surface area contributed by atoms with Gasteiger partial charge >= 0.3 is 0 Å². The van der Waals surface area contributed by atoms with Crippen molar-refractivity contribution in [1.82, 2.24) is 10.3 Å². The third kappa shape index (κ3) is 3.21. The van der Waals surface area contributed by atoms with Gasteiger partial charge in [0, 0.05) is 11.8 Å². The van der Waals surface area contributed by atoms with Crippen LogP contribution < -0.4 is 5.32 Å². The molecule has 0 saturated heterocycles. The summed E-state index contributed by atoms with van der Waals surface area (Å²) in [6.07, 6.45) is 0. The van der Waals surface area contributed by atoms with E-state index in [-0.39, 0.29) is 0 Å². The monoisotopic (exact) mass is 266 g/mol. The van der Waals surface area contributed by atoms with Crippen molar-refractivity contribution in [2.75, 3.05) is 12.8 Å². The number of aromatic nitrogens is 1. The van der Waals surface area contributed by atoms with Crippen molar-refractivity contribution in [3.8, 4) is 0 Å². The van der Waals surface area contributed by atoms with E-state index in [1.165, 1.54) is 9.04 Å². The van der Waals surface area contributed by atoms with Gasteiger partial charge in [0.1, 0.15) is 0 Å². The van der Waals surface area contributed by atoms with Gasteiger partial charge in [-0.05, 0) is 25.1 Å². The van der Waals surface area contributed by atoms with Gasteiger partial charge in [-0.2, -0.15) is 0 Å². The van der Waals surface area contributed by atoms with Gasteiger partial charge in [0.05, 0.1) is 10.2 Å². The van der Waals surface area contributed by atoms with Crippen molar-refractivity contribution in [2.45, 2.75) is 24.2 Å². The smallest absolute Gasteiger partial charge is 0.151 e. The van der Waals surface area contributed by atoms with E-state index in [2.05, 4.69) is 42.3 Å². The van der Waals surface area contributed by atoms with Crippen LogP contribution in [0.2, 0.25) is 0 Å². The molecular formula is C13H18N2S2. The molecule has 1 heterocycles. The van der Waals surface area contributed by atoms with Gasteiger partial charge in [-0.3, -0.25) is 0 Å². The molecule has 2 rings (SSSR count). The number of nitrogens with one attached hydrogen (secondary N) is 1. The zero-order valence-electron chi connectivity index (χ0n) is 10.4. The van der Waals surface area contributed by atoms with E-state index in [0.29, 0.717) is 12.0 Å². The molecule has 1 aromatic heterocycles. The van der Waals surface area contributed by atoms with Gasteiger partial charge < -0.3 is 5.32 Å². The maximum atomic E-state index is 4.63. The van der Waals surface area contributed by atoms with Crippen molar-refractivity contribution in [3.05, 3.63) is 24.3 Å². The number of para-hydroxylation sites is 1. The van der Waals surface area contributed by atoms with Crippen molar-refractivity contribution >= 4 is 33.3 Å². The van der Waals surface area contributed by atoms with E-state index >= 15 is 0 Å². The highest BCUT2D eigenvalue weighted by atomic mass is 32.2. The summed E-state index contributed by atoms with van der Waals surface area (Å²) in [7, 11) is 2.03. The summed E-state index contributed by atoms with van der Waals surface area (Å²) in [5.41, 5.74) is 1.12. The molecule has 0 fully saturated rings. The fourth-order valence-electron chi connectivity index (χ4n) is 1.68. The number of thiazole rings is 1. The number of benzene rings is 1. The second-order valence-corrected chi connectivity index (χ2v) is 6.70. The van der Waals surface area contributed by atoms with Crippen LogP contribution in [0.1, 0.15) is 13.8 Å². The number of thioether (sulfide) groups is 1. The van der Waals surface area contributed by atoms with Gasteiger partial charge in [-0.25, -0.2) is 4.98 Å². The molecule has 0 bridgehead atoms. The summed E-state index contributed by atoms with van der Waals surface area (Å²) < 4.78 is 2.45. The molecular weight excluding hydrogens is 248 g/mol. The molecule has 1 atom stereocenters. The van der Waals surface area contributed by atoms with Gasteiger partial charge in [-0.15, -0.1) is 11.3 Å². The van der Waals surface area contributed by atoms with Gasteiger partial charge in [0.2, 0.25) is 0 Å². The normalized spacial score (nSPS) is 13.4. The lowest BCUT2D eigenvalue weighted by Gasteiger charge is -2.18. The number of rotatable bonds is 5. The zero-order valence-corrected chi connectivity index (χ0v) is 12.1. The molecule has 1 N–H and O–H groups in total. The van der Waals surface area contributed by atoms with Crippen LogP contribution in [-0.4, -0.2) is 23.8 Å². The lowest BCUT2D eigenvalue weighted by Crippen LogP contribution is -2.32. The fraction of sp³-hybridized carbons (Fsp3) is 0.462. The third-order valence-electron chi connectivity index (χ3n) is 2.84. The number of nitrogens with zero attached hydrogens (tertiary/aromatic N) is 1. The number of fused-ring (bicyclic) bond motifs is 1. The van der Waals surface area contributed by atoms with E-state index in [4.69, 9.17) is 0 Å². The van der Waals surface area contributed by atoms with Crippen LogP contribution in [0.3, 0.4) is 0 Å². The largest absolute Gasteiger partial charge is 0.316 e. The summed E-state index contributed by atoms with van der Waals surface area (Å²) >= 11 is 3.64. The molecule has 2 nitrogen and oxygen atoms in total. The third-order valence-corrected chi connectivity index (χ3v) is 5.13. The SMILES string of the molecule is CNC(CSc1nc2ccccc2s1)C(C)C. The average Bonchev–Trinajstić information content (AvgIpc) is 2.71. The molecule has 1 aromatic carbocycles. The summed E-state index contributed by atoms with van der Waals surface area (Å²) in [6, 6.07) is 8.87. The van der Waals surface area contributed by atoms with Crippen LogP contribution in [0, 0.1) is 5.92 Å². The van der Waals surface area contributed by atoms with Gasteiger partial charge in [0.15, 0.2) is 4.34 Å². The first kappa shape index (κ1) is 12.9.